The third kappa shape index (κ3) is 2.38. The van der Waals surface area contributed by atoms with Crippen molar-refractivity contribution in [3.8, 4) is 0 Å². The van der Waals surface area contributed by atoms with E-state index in [9.17, 15) is 14.7 Å². The van der Waals surface area contributed by atoms with Crippen molar-refractivity contribution in [2.45, 2.75) is 44.6 Å². The summed E-state index contributed by atoms with van der Waals surface area (Å²) in [4.78, 5) is 24.1. The number of aliphatic hydroxyl groups excluding tert-OH is 1. The number of aryl methyl sites for hydroxylation is 1. The van der Waals surface area contributed by atoms with Crippen LogP contribution in [0.25, 0.3) is 0 Å². The van der Waals surface area contributed by atoms with Gasteiger partial charge in [-0.15, -0.1) is 0 Å². The minimum Gasteiger partial charge on any atom is -0.468 e. The minimum absolute atomic E-state index is 0.00829. The van der Waals surface area contributed by atoms with Gasteiger partial charge in [-0.25, -0.2) is 0 Å². The van der Waals surface area contributed by atoms with Crippen LogP contribution in [0.15, 0.2) is 10.7 Å². The summed E-state index contributed by atoms with van der Waals surface area (Å²) in [5, 5.41) is 12.6. The Hall–Kier alpha value is -1.62. The standard InChI is InChI=1S/C15H19NO4/c17-11-4-1-3-9(11)7-16-15(19)10-8-20-13-6-2-5-12(18)14(10)13/h8-9,11,17H,1-7H2,(H,16,19)/t9-,11+/m0/s1. The molecule has 0 spiro atoms. The van der Waals surface area contributed by atoms with E-state index in [1.807, 2.05) is 0 Å². The van der Waals surface area contributed by atoms with Crippen LogP contribution in [0.1, 0.15) is 58.6 Å². The molecule has 0 unspecified atom stereocenters. The maximum atomic E-state index is 12.2. The number of fused-ring (bicyclic) bond motifs is 1. The van der Waals surface area contributed by atoms with Gasteiger partial charge >= 0.3 is 0 Å². The molecule has 2 aliphatic carbocycles. The van der Waals surface area contributed by atoms with Crippen LogP contribution in [0.2, 0.25) is 0 Å². The molecule has 5 nitrogen and oxygen atoms in total. The Balaban J connectivity index is 1.68. The maximum absolute atomic E-state index is 12.2. The van der Waals surface area contributed by atoms with E-state index in [0.29, 0.717) is 29.9 Å². The van der Waals surface area contributed by atoms with Crippen LogP contribution in [0.4, 0.5) is 0 Å². The van der Waals surface area contributed by atoms with Crippen molar-refractivity contribution in [3.63, 3.8) is 0 Å². The van der Waals surface area contributed by atoms with Crippen LogP contribution >= 0.6 is 0 Å². The normalized spacial score (nSPS) is 25.6. The first-order chi connectivity index (χ1) is 9.66. The number of hydrogen-bond acceptors (Lipinski definition) is 4. The van der Waals surface area contributed by atoms with Crippen molar-refractivity contribution < 1.29 is 19.1 Å². The predicted molar refractivity (Wildman–Crippen MR) is 71.7 cm³/mol. The third-order valence-electron chi connectivity index (χ3n) is 4.34. The average molecular weight is 277 g/mol. The number of carbonyl (C=O) groups is 2. The highest BCUT2D eigenvalue weighted by Gasteiger charge is 2.29. The second-order valence-corrected chi connectivity index (χ2v) is 5.69. The third-order valence-corrected chi connectivity index (χ3v) is 4.34. The highest BCUT2D eigenvalue weighted by molar-refractivity contribution is 6.09. The van der Waals surface area contributed by atoms with Gasteiger partial charge in [0.05, 0.1) is 17.2 Å². The van der Waals surface area contributed by atoms with Gasteiger partial charge in [0, 0.05) is 25.3 Å². The van der Waals surface area contributed by atoms with Crippen molar-refractivity contribution in [3.05, 3.63) is 23.2 Å². The summed E-state index contributed by atoms with van der Waals surface area (Å²) in [5.41, 5.74) is 0.804. The molecule has 1 heterocycles. The lowest BCUT2D eigenvalue weighted by Crippen LogP contribution is -2.33. The van der Waals surface area contributed by atoms with Gasteiger partial charge in [-0.1, -0.05) is 6.42 Å². The molecule has 0 aliphatic heterocycles. The van der Waals surface area contributed by atoms with Crippen LogP contribution in [0, 0.1) is 5.92 Å². The van der Waals surface area contributed by atoms with Gasteiger partial charge in [0.1, 0.15) is 12.0 Å². The molecule has 0 aromatic carbocycles. The SMILES string of the molecule is O=C(NC[C@@H]1CCC[C@H]1O)c1coc2c1C(=O)CCC2. The molecule has 0 saturated heterocycles. The zero-order chi connectivity index (χ0) is 14.1. The second kappa shape index (κ2) is 5.40. The van der Waals surface area contributed by atoms with E-state index >= 15 is 0 Å². The summed E-state index contributed by atoms with van der Waals surface area (Å²) in [7, 11) is 0. The number of rotatable bonds is 3. The van der Waals surface area contributed by atoms with Gasteiger partial charge < -0.3 is 14.8 Å². The van der Waals surface area contributed by atoms with E-state index in [4.69, 9.17) is 4.42 Å². The summed E-state index contributed by atoms with van der Waals surface area (Å²) >= 11 is 0. The van der Waals surface area contributed by atoms with Crippen LogP contribution in [0.3, 0.4) is 0 Å². The fourth-order valence-corrected chi connectivity index (χ4v) is 3.16. The van der Waals surface area contributed by atoms with Crippen LogP contribution < -0.4 is 5.32 Å². The Morgan fingerprint density at radius 3 is 2.95 bits per heavy atom. The molecule has 2 atom stereocenters. The summed E-state index contributed by atoms with van der Waals surface area (Å²) in [6, 6.07) is 0. The molecule has 20 heavy (non-hydrogen) atoms. The summed E-state index contributed by atoms with van der Waals surface area (Å²) in [6.07, 6.45) is 5.79. The lowest BCUT2D eigenvalue weighted by Gasteiger charge is -2.15. The van der Waals surface area contributed by atoms with Crippen molar-refractivity contribution in [2.75, 3.05) is 6.54 Å². The van der Waals surface area contributed by atoms with Gasteiger partial charge in [0.15, 0.2) is 5.78 Å². The van der Waals surface area contributed by atoms with Crippen molar-refractivity contribution >= 4 is 11.7 Å². The molecule has 108 valence electrons. The molecule has 1 fully saturated rings. The van der Waals surface area contributed by atoms with E-state index in [1.165, 1.54) is 6.26 Å². The molecular weight excluding hydrogens is 258 g/mol. The molecule has 1 aromatic heterocycles. The smallest absolute Gasteiger partial charge is 0.255 e. The summed E-state index contributed by atoms with van der Waals surface area (Å²) < 4.78 is 5.34. The van der Waals surface area contributed by atoms with E-state index in [-0.39, 0.29) is 23.7 Å². The Labute approximate surface area is 117 Å². The van der Waals surface area contributed by atoms with Gasteiger partial charge in [0.2, 0.25) is 0 Å². The zero-order valence-electron chi connectivity index (χ0n) is 11.4. The first-order valence-electron chi connectivity index (χ1n) is 7.26. The number of nitrogens with one attached hydrogen (secondary N) is 1. The molecule has 1 saturated carbocycles. The van der Waals surface area contributed by atoms with E-state index < -0.39 is 0 Å². The second-order valence-electron chi connectivity index (χ2n) is 5.69. The van der Waals surface area contributed by atoms with Crippen molar-refractivity contribution in [1.82, 2.24) is 5.32 Å². The van der Waals surface area contributed by atoms with Gasteiger partial charge in [0.25, 0.3) is 5.91 Å². The maximum Gasteiger partial charge on any atom is 0.255 e. The zero-order valence-corrected chi connectivity index (χ0v) is 11.4. The minimum atomic E-state index is -0.324. The lowest BCUT2D eigenvalue weighted by atomic mass is 9.94. The predicted octanol–water partition coefficient (Wildman–Crippen LogP) is 1.69. The fraction of sp³-hybridized carbons (Fsp3) is 0.600. The molecule has 2 N–H and O–H groups in total. The van der Waals surface area contributed by atoms with Crippen molar-refractivity contribution in [2.24, 2.45) is 5.92 Å². The average Bonchev–Trinajstić information content (AvgIpc) is 3.03. The molecule has 1 amide bonds. The van der Waals surface area contributed by atoms with Gasteiger partial charge in [-0.2, -0.15) is 0 Å². The molecule has 0 radical (unpaired) electrons. The van der Waals surface area contributed by atoms with Gasteiger partial charge in [-0.05, 0) is 19.3 Å². The lowest BCUT2D eigenvalue weighted by molar-refractivity contribution is 0.0900. The van der Waals surface area contributed by atoms with E-state index in [0.717, 1.165) is 32.1 Å². The molecular formula is C15H19NO4. The Kier molecular flexibility index (Phi) is 3.61. The molecule has 5 heteroatoms. The highest BCUT2D eigenvalue weighted by atomic mass is 16.3. The van der Waals surface area contributed by atoms with E-state index in [2.05, 4.69) is 5.32 Å². The quantitative estimate of drug-likeness (QED) is 0.881. The largest absolute Gasteiger partial charge is 0.468 e. The van der Waals surface area contributed by atoms with E-state index in [1.54, 1.807) is 0 Å². The first-order valence-corrected chi connectivity index (χ1v) is 7.26. The summed E-state index contributed by atoms with van der Waals surface area (Å²) in [5.74, 6) is 0.472. The molecule has 2 aliphatic rings. The number of furan rings is 1. The number of carbonyl (C=O) groups excluding carboxylic acids is 2. The highest BCUT2D eigenvalue weighted by Crippen LogP contribution is 2.27. The van der Waals surface area contributed by atoms with Crippen LogP contribution in [-0.2, 0) is 6.42 Å². The Bertz CT molecular complexity index is 534. The Morgan fingerprint density at radius 2 is 2.20 bits per heavy atom. The molecule has 1 aromatic rings. The van der Waals surface area contributed by atoms with Crippen molar-refractivity contribution in [1.29, 1.82) is 0 Å². The summed E-state index contributed by atoms with van der Waals surface area (Å²) in [6.45, 7) is 0.453. The van der Waals surface area contributed by atoms with Crippen LogP contribution in [-0.4, -0.2) is 29.4 Å². The topological polar surface area (TPSA) is 79.5 Å². The number of ketones is 1. The number of Topliss-reactive ketones (excluding diaryl/α,β-unsaturated/α-hetero) is 1. The number of amides is 1. The van der Waals surface area contributed by atoms with Crippen LogP contribution in [0.5, 0.6) is 0 Å². The first kappa shape index (κ1) is 13.4. The number of hydrogen-bond donors (Lipinski definition) is 2. The Morgan fingerprint density at radius 1 is 1.35 bits per heavy atom. The molecule has 0 bridgehead atoms. The fourth-order valence-electron chi connectivity index (χ4n) is 3.16. The van der Waals surface area contributed by atoms with Gasteiger partial charge in [-0.3, -0.25) is 9.59 Å². The monoisotopic (exact) mass is 277 g/mol. The number of aliphatic hydroxyl groups is 1. The molecule has 3 rings (SSSR count).